The van der Waals surface area contributed by atoms with Gasteiger partial charge in [-0.3, -0.25) is 4.98 Å². The van der Waals surface area contributed by atoms with Crippen molar-refractivity contribution >= 4 is 5.84 Å². The van der Waals surface area contributed by atoms with Crippen LogP contribution in [0, 0.1) is 11.3 Å². The summed E-state index contributed by atoms with van der Waals surface area (Å²) in [6.45, 7) is 0. The smallest absolute Gasteiger partial charge is 0.171 e. The molecule has 5 nitrogen and oxygen atoms in total. The number of oxime groups is 1. The third kappa shape index (κ3) is 1.49. The minimum absolute atomic E-state index is 0.0559. The van der Waals surface area contributed by atoms with E-state index in [1.54, 1.807) is 0 Å². The van der Waals surface area contributed by atoms with E-state index in [-0.39, 0.29) is 5.84 Å². The number of nitrogens with two attached hydrogens (primary N) is 1. The highest BCUT2D eigenvalue weighted by Crippen LogP contribution is 2.00. The Balaban J connectivity index is 3.12. The van der Waals surface area contributed by atoms with Gasteiger partial charge in [-0.05, 0) is 6.07 Å². The van der Waals surface area contributed by atoms with Gasteiger partial charge in [-0.1, -0.05) is 5.16 Å². The van der Waals surface area contributed by atoms with Crippen LogP contribution in [-0.2, 0) is 0 Å². The Labute approximate surface area is 68.8 Å². The Morgan fingerprint density at radius 1 is 1.67 bits per heavy atom. The summed E-state index contributed by atoms with van der Waals surface area (Å²) in [6.07, 6.45) is 2.81. The molecule has 0 aliphatic carbocycles. The minimum Gasteiger partial charge on any atom is -0.409 e. The normalized spacial score (nSPS) is 10.8. The molecule has 0 saturated carbocycles. The molecule has 60 valence electrons. The molecular formula is C7H6N4O. The van der Waals surface area contributed by atoms with E-state index in [1.165, 1.54) is 18.5 Å². The summed E-state index contributed by atoms with van der Waals surface area (Å²) in [6, 6.07) is 3.38. The van der Waals surface area contributed by atoms with Gasteiger partial charge in [0, 0.05) is 18.0 Å². The average molecular weight is 162 g/mol. The average Bonchev–Trinajstić information content (AvgIpc) is 2.17. The maximum Gasteiger partial charge on any atom is 0.171 e. The van der Waals surface area contributed by atoms with Gasteiger partial charge in [0.15, 0.2) is 5.84 Å². The molecule has 0 saturated heterocycles. The van der Waals surface area contributed by atoms with E-state index in [0.29, 0.717) is 11.1 Å². The highest BCUT2D eigenvalue weighted by atomic mass is 16.4. The number of nitrogens with zero attached hydrogens (tertiary/aromatic N) is 3. The molecular weight excluding hydrogens is 156 g/mol. The Morgan fingerprint density at radius 3 is 3.00 bits per heavy atom. The first kappa shape index (κ1) is 8.01. The maximum atomic E-state index is 8.48. The van der Waals surface area contributed by atoms with Crippen molar-refractivity contribution in [1.29, 1.82) is 5.26 Å². The molecule has 0 spiro atoms. The fourth-order valence-corrected chi connectivity index (χ4v) is 0.699. The largest absolute Gasteiger partial charge is 0.409 e. The van der Waals surface area contributed by atoms with E-state index < -0.39 is 0 Å². The van der Waals surface area contributed by atoms with Crippen molar-refractivity contribution in [3.05, 3.63) is 29.6 Å². The molecule has 1 aromatic heterocycles. The van der Waals surface area contributed by atoms with Crippen LogP contribution in [0.2, 0.25) is 0 Å². The fraction of sp³-hybridized carbons (Fsp3) is 0. The molecule has 0 bridgehead atoms. The molecule has 0 aliphatic heterocycles. The summed E-state index contributed by atoms with van der Waals surface area (Å²) in [4.78, 5) is 3.73. The molecule has 12 heavy (non-hydrogen) atoms. The molecule has 0 unspecified atom stereocenters. The molecule has 0 amide bonds. The molecule has 0 radical (unpaired) electrons. The topological polar surface area (TPSA) is 95.3 Å². The van der Waals surface area contributed by atoms with Crippen molar-refractivity contribution in [3.63, 3.8) is 0 Å². The first-order valence-electron chi connectivity index (χ1n) is 3.11. The lowest BCUT2D eigenvalue weighted by Gasteiger charge is -1.96. The molecule has 5 heteroatoms. The van der Waals surface area contributed by atoms with Gasteiger partial charge in [-0.25, -0.2) is 0 Å². The number of hydrogen-bond donors (Lipinski definition) is 2. The van der Waals surface area contributed by atoms with Crippen LogP contribution in [0.5, 0.6) is 0 Å². The van der Waals surface area contributed by atoms with Crippen LogP contribution in [0.3, 0.4) is 0 Å². The van der Waals surface area contributed by atoms with Gasteiger partial charge in [-0.15, -0.1) is 0 Å². The van der Waals surface area contributed by atoms with Crippen LogP contribution in [0.4, 0.5) is 0 Å². The summed E-state index contributed by atoms with van der Waals surface area (Å²) >= 11 is 0. The van der Waals surface area contributed by atoms with Gasteiger partial charge in [0.1, 0.15) is 6.07 Å². The van der Waals surface area contributed by atoms with Gasteiger partial charge in [-0.2, -0.15) is 5.26 Å². The van der Waals surface area contributed by atoms with E-state index in [2.05, 4.69) is 10.1 Å². The van der Waals surface area contributed by atoms with E-state index in [9.17, 15) is 0 Å². The SMILES string of the molecule is N#Cc1cncc(C(N)=NO)c1. The van der Waals surface area contributed by atoms with Crippen molar-refractivity contribution in [1.82, 2.24) is 4.98 Å². The highest BCUT2D eigenvalue weighted by molar-refractivity contribution is 5.96. The van der Waals surface area contributed by atoms with Crippen molar-refractivity contribution < 1.29 is 5.21 Å². The first-order valence-corrected chi connectivity index (χ1v) is 3.11. The molecule has 0 aliphatic rings. The first-order chi connectivity index (χ1) is 5.77. The maximum absolute atomic E-state index is 8.48. The second-order valence-corrected chi connectivity index (χ2v) is 2.06. The molecule has 1 aromatic rings. The lowest BCUT2D eigenvalue weighted by atomic mass is 10.2. The Bertz CT molecular complexity index is 353. The van der Waals surface area contributed by atoms with E-state index in [4.69, 9.17) is 16.2 Å². The van der Waals surface area contributed by atoms with Gasteiger partial charge in [0.25, 0.3) is 0 Å². The molecule has 0 aromatic carbocycles. The third-order valence-corrected chi connectivity index (χ3v) is 1.27. The third-order valence-electron chi connectivity index (χ3n) is 1.27. The van der Waals surface area contributed by atoms with Crippen LogP contribution in [0.1, 0.15) is 11.1 Å². The lowest BCUT2D eigenvalue weighted by molar-refractivity contribution is 0.318. The lowest BCUT2D eigenvalue weighted by Crippen LogP contribution is -2.13. The standard InChI is InChI=1S/C7H6N4O/c8-2-5-1-6(4-10-3-5)7(9)11-12/h1,3-4,12H,(H2,9,11). The number of nitriles is 1. The molecule has 0 atom stereocenters. The number of hydrogen-bond acceptors (Lipinski definition) is 4. The van der Waals surface area contributed by atoms with Crippen molar-refractivity contribution in [2.45, 2.75) is 0 Å². The zero-order chi connectivity index (χ0) is 8.97. The molecule has 3 N–H and O–H groups in total. The summed E-state index contributed by atoms with van der Waals surface area (Å²) in [5, 5.41) is 19.6. The second kappa shape index (κ2) is 3.34. The number of rotatable bonds is 1. The monoisotopic (exact) mass is 162 g/mol. The molecule has 0 fully saturated rings. The Morgan fingerprint density at radius 2 is 2.42 bits per heavy atom. The van der Waals surface area contributed by atoms with Crippen molar-refractivity contribution in [2.75, 3.05) is 0 Å². The summed E-state index contributed by atoms with van der Waals surface area (Å²) in [5.74, 6) is -0.0559. The fourth-order valence-electron chi connectivity index (χ4n) is 0.699. The Kier molecular flexibility index (Phi) is 2.23. The van der Waals surface area contributed by atoms with Crippen LogP contribution in [0.15, 0.2) is 23.6 Å². The van der Waals surface area contributed by atoms with Crippen LogP contribution in [-0.4, -0.2) is 16.0 Å². The number of aromatic nitrogens is 1. The van der Waals surface area contributed by atoms with Crippen LogP contribution < -0.4 is 5.73 Å². The predicted octanol–water partition coefficient (Wildman–Crippen LogP) is 0.0478. The van der Waals surface area contributed by atoms with Gasteiger partial charge < -0.3 is 10.9 Å². The van der Waals surface area contributed by atoms with E-state index in [0.717, 1.165) is 0 Å². The van der Waals surface area contributed by atoms with E-state index >= 15 is 0 Å². The quantitative estimate of drug-likeness (QED) is 0.264. The zero-order valence-electron chi connectivity index (χ0n) is 6.10. The zero-order valence-corrected chi connectivity index (χ0v) is 6.10. The Hall–Kier alpha value is -2.09. The van der Waals surface area contributed by atoms with Gasteiger partial charge >= 0.3 is 0 Å². The minimum atomic E-state index is -0.0559. The molecule has 1 heterocycles. The second-order valence-electron chi connectivity index (χ2n) is 2.06. The number of pyridine rings is 1. The summed E-state index contributed by atoms with van der Waals surface area (Å²) in [7, 11) is 0. The van der Waals surface area contributed by atoms with Gasteiger partial charge in [0.2, 0.25) is 0 Å². The number of amidine groups is 1. The predicted molar refractivity (Wildman–Crippen MR) is 41.5 cm³/mol. The van der Waals surface area contributed by atoms with E-state index in [1.807, 2.05) is 6.07 Å². The van der Waals surface area contributed by atoms with Crippen LogP contribution in [0.25, 0.3) is 0 Å². The van der Waals surface area contributed by atoms with Crippen LogP contribution >= 0.6 is 0 Å². The molecule has 1 rings (SSSR count). The summed E-state index contributed by atoms with van der Waals surface area (Å²) in [5.41, 5.74) is 6.07. The van der Waals surface area contributed by atoms with Gasteiger partial charge in [0.05, 0.1) is 5.56 Å². The van der Waals surface area contributed by atoms with Crippen molar-refractivity contribution in [2.24, 2.45) is 10.9 Å². The van der Waals surface area contributed by atoms with Crippen molar-refractivity contribution in [3.8, 4) is 6.07 Å². The summed E-state index contributed by atoms with van der Waals surface area (Å²) < 4.78 is 0. The highest BCUT2D eigenvalue weighted by Gasteiger charge is 1.99.